The van der Waals surface area contributed by atoms with Crippen molar-refractivity contribution in [3.8, 4) is 6.07 Å². The van der Waals surface area contributed by atoms with Crippen molar-refractivity contribution in [2.75, 3.05) is 31.1 Å². The second-order valence-corrected chi connectivity index (χ2v) is 8.93. The van der Waals surface area contributed by atoms with Gasteiger partial charge in [0.15, 0.2) is 0 Å². The van der Waals surface area contributed by atoms with E-state index in [9.17, 15) is 19.2 Å². The van der Waals surface area contributed by atoms with Gasteiger partial charge >= 0.3 is 0 Å². The topological polar surface area (TPSA) is 82.2 Å². The highest BCUT2D eigenvalue weighted by molar-refractivity contribution is 7.12. The Morgan fingerprint density at radius 3 is 2.65 bits per heavy atom. The van der Waals surface area contributed by atoms with Gasteiger partial charge in [0.1, 0.15) is 23.0 Å². The Morgan fingerprint density at radius 2 is 1.94 bits per heavy atom. The Bertz CT molecular complexity index is 1470. The van der Waals surface area contributed by atoms with E-state index < -0.39 is 5.56 Å². The predicted molar refractivity (Wildman–Crippen MR) is 129 cm³/mol. The number of thiophene rings is 1. The lowest BCUT2D eigenvalue weighted by molar-refractivity contribution is 0.0751. The summed E-state index contributed by atoms with van der Waals surface area (Å²) in [5, 5.41) is 11.8. The van der Waals surface area contributed by atoms with Crippen molar-refractivity contribution in [3.63, 3.8) is 0 Å². The molecule has 0 N–H and O–H groups in total. The summed E-state index contributed by atoms with van der Waals surface area (Å²) in [5.74, 6) is -0.399. The maximum absolute atomic E-state index is 13.7. The summed E-state index contributed by atoms with van der Waals surface area (Å²) >= 11 is 1.41. The van der Waals surface area contributed by atoms with Crippen molar-refractivity contribution in [3.05, 3.63) is 92.3 Å². The quantitative estimate of drug-likeness (QED) is 0.453. The van der Waals surface area contributed by atoms with Gasteiger partial charge in [-0.15, -0.1) is 11.3 Å². The Hall–Kier alpha value is -4.03. The number of hydrogen-bond donors (Lipinski definition) is 0. The van der Waals surface area contributed by atoms with Gasteiger partial charge in [0.05, 0.1) is 22.6 Å². The Morgan fingerprint density at radius 1 is 1.12 bits per heavy atom. The van der Waals surface area contributed by atoms with Crippen molar-refractivity contribution in [1.29, 1.82) is 5.26 Å². The van der Waals surface area contributed by atoms with Crippen LogP contribution in [-0.2, 0) is 6.54 Å². The smallest absolute Gasteiger partial charge is 0.271 e. The Kier molecular flexibility index (Phi) is 5.82. The van der Waals surface area contributed by atoms with Crippen LogP contribution in [-0.4, -0.2) is 46.5 Å². The normalized spacial score (nSPS) is 13.8. The van der Waals surface area contributed by atoms with Crippen LogP contribution in [0, 0.1) is 17.1 Å². The first kappa shape index (κ1) is 21.8. The van der Waals surface area contributed by atoms with Crippen molar-refractivity contribution in [2.45, 2.75) is 6.54 Å². The highest BCUT2D eigenvalue weighted by Gasteiger charge is 2.28. The van der Waals surface area contributed by atoms with Crippen LogP contribution in [0.1, 0.15) is 20.8 Å². The molecule has 0 saturated carbocycles. The van der Waals surface area contributed by atoms with Gasteiger partial charge in [-0.2, -0.15) is 5.26 Å². The zero-order valence-corrected chi connectivity index (χ0v) is 19.0. The Labute approximate surface area is 198 Å². The molecule has 0 atom stereocenters. The number of benzene rings is 1. The molecule has 5 rings (SSSR count). The molecule has 1 aliphatic heterocycles. The number of piperazine rings is 1. The number of anilines is 1. The van der Waals surface area contributed by atoms with E-state index in [1.807, 2.05) is 22.4 Å². The fourth-order valence-corrected chi connectivity index (χ4v) is 5.02. The molecule has 1 amide bonds. The zero-order valence-electron chi connectivity index (χ0n) is 18.1. The maximum atomic E-state index is 13.7. The lowest BCUT2D eigenvalue weighted by Crippen LogP contribution is -2.49. The van der Waals surface area contributed by atoms with Gasteiger partial charge in [-0.1, -0.05) is 18.2 Å². The second kappa shape index (κ2) is 9.08. The molecule has 0 spiro atoms. The summed E-state index contributed by atoms with van der Waals surface area (Å²) in [7, 11) is 0. The number of hydrogen-bond acceptors (Lipinski definition) is 6. The molecule has 3 aromatic heterocycles. The van der Waals surface area contributed by atoms with Gasteiger partial charge < -0.3 is 14.4 Å². The predicted octanol–water partition coefficient (Wildman–Crippen LogP) is 3.48. The van der Waals surface area contributed by atoms with E-state index in [1.165, 1.54) is 28.0 Å². The summed E-state index contributed by atoms with van der Waals surface area (Å²) in [5.41, 5.74) is 1.77. The maximum Gasteiger partial charge on any atom is 0.271 e. The van der Waals surface area contributed by atoms with Gasteiger partial charge in [0.25, 0.3) is 11.5 Å². The van der Waals surface area contributed by atoms with E-state index in [4.69, 9.17) is 0 Å². The van der Waals surface area contributed by atoms with E-state index >= 15 is 0 Å². The van der Waals surface area contributed by atoms with Crippen LogP contribution in [0.2, 0.25) is 0 Å². The van der Waals surface area contributed by atoms with Crippen LogP contribution in [0.5, 0.6) is 0 Å². The van der Waals surface area contributed by atoms with Crippen LogP contribution in [0.25, 0.3) is 11.0 Å². The molecule has 0 unspecified atom stereocenters. The van der Waals surface area contributed by atoms with Crippen LogP contribution >= 0.6 is 11.3 Å². The van der Waals surface area contributed by atoms with Crippen molar-refractivity contribution in [1.82, 2.24) is 14.5 Å². The van der Waals surface area contributed by atoms with E-state index in [1.54, 1.807) is 35.4 Å². The third kappa shape index (κ3) is 3.93. The minimum atomic E-state index is -0.445. The largest absolute Gasteiger partial charge is 0.365 e. The minimum absolute atomic E-state index is 0.000589. The number of carbonyl (C=O) groups excluding carboxylic acids is 1. The highest BCUT2D eigenvalue weighted by atomic mass is 32.1. The molecule has 0 aliphatic carbocycles. The molecule has 1 aromatic carbocycles. The molecule has 1 saturated heterocycles. The molecule has 9 heteroatoms. The zero-order chi connectivity index (χ0) is 23.7. The molecule has 0 bridgehead atoms. The standard InChI is InChI=1S/C25H20FN5O2S/c26-18-5-1-4-17(14-18)16-31-20-6-2-8-28-22(20)23(19(15-27)24(31)32)29-9-11-30(12-10-29)25(33)21-7-3-13-34-21/h1-8,13-14H,9-12,16H2. The monoisotopic (exact) mass is 473 g/mol. The highest BCUT2D eigenvalue weighted by Crippen LogP contribution is 2.29. The molecular weight excluding hydrogens is 453 g/mol. The number of aromatic nitrogens is 2. The number of halogens is 1. The fourth-order valence-electron chi connectivity index (χ4n) is 4.33. The molecule has 34 heavy (non-hydrogen) atoms. The van der Waals surface area contributed by atoms with Crippen LogP contribution < -0.4 is 10.5 Å². The molecule has 0 radical (unpaired) electrons. The lowest BCUT2D eigenvalue weighted by atomic mass is 10.1. The van der Waals surface area contributed by atoms with Gasteiger partial charge in [-0.05, 0) is 41.3 Å². The number of fused-ring (bicyclic) bond motifs is 1. The number of pyridine rings is 2. The number of amides is 1. The van der Waals surface area contributed by atoms with Crippen molar-refractivity contribution >= 4 is 34.0 Å². The summed E-state index contributed by atoms with van der Waals surface area (Å²) in [6, 6.07) is 15.3. The third-order valence-corrected chi connectivity index (χ3v) is 6.81. The van der Waals surface area contributed by atoms with E-state index in [2.05, 4.69) is 11.1 Å². The molecule has 4 aromatic rings. The van der Waals surface area contributed by atoms with Crippen molar-refractivity contribution in [2.24, 2.45) is 0 Å². The number of rotatable bonds is 4. The molecule has 7 nitrogen and oxygen atoms in total. The SMILES string of the molecule is N#Cc1c(N2CCN(C(=O)c3cccs3)CC2)c2ncccc2n(Cc2cccc(F)c2)c1=O. The molecule has 170 valence electrons. The average molecular weight is 474 g/mol. The van der Waals surface area contributed by atoms with Crippen LogP contribution in [0.15, 0.2) is 64.9 Å². The molecular formula is C25H20FN5O2S. The fraction of sp³-hybridized carbons (Fsp3) is 0.200. The number of nitriles is 1. The Balaban J connectivity index is 1.52. The first-order valence-corrected chi connectivity index (χ1v) is 11.7. The van der Waals surface area contributed by atoms with E-state index in [0.717, 1.165) is 0 Å². The third-order valence-electron chi connectivity index (χ3n) is 5.95. The van der Waals surface area contributed by atoms with Crippen molar-refractivity contribution < 1.29 is 9.18 Å². The van der Waals surface area contributed by atoms with Crippen LogP contribution in [0.3, 0.4) is 0 Å². The van der Waals surface area contributed by atoms with E-state index in [-0.39, 0.29) is 23.8 Å². The van der Waals surface area contributed by atoms with Gasteiger partial charge in [0.2, 0.25) is 0 Å². The van der Waals surface area contributed by atoms with Gasteiger partial charge in [-0.3, -0.25) is 14.6 Å². The van der Waals surface area contributed by atoms with Gasteiger partial charge in [-0.25, -0.2) is 4.39 Å². The molecule has 1 fully saturated rings. The minimum Gasteiger partial charge on any atom is -0.365 e. The lowest BCUT2D eigenvalue weighted by Gasteiger charge is -2.36. The van der Waals surface area contributed by atoms with E-state index in [0.29, 0.717) is 53.3 Å². The first-order valence-electron chi connectivity index (χ1n) is 10.8. The first-order chi connectivity index (χ1) is 16.6. The van der Waals surface area contributed by atoms with Gasteiger partial charge in [0, 0.05) is 32.4 Å². The van der Waals surface area contributed by atoms with Crippen LogP contribution in [0.4, 0.5) is 10.1 Å². The number of nitrogens with zero attached hydrogens (tertiary/aromatic N) is 5. The summed E-state index contributed by atoms with van der Waals surface area (Å²) in [6.45, 7) is 2.02. The average Bonchev–Trinajstić information content (AvgIpc) is 3.40. The summed E-state index contributed by atoms with van der Waals surface area (Å²) in [4.78, 5) is 35.1. The summed E-state index contributed by atoms with van der Waals surface area (Å²) in [6.07, 6.45) is 1.63. The summed E-state index contributed by atoms with van der Waals surface area (Å²) < 4.78 is 15.2. The second-order valence-electron chi connectivity index (χ2n) is 7.98. The number of carbonyl (C=O) groups is 1. The molecule has 1 aliphatic rings. The molecule has 4 heterocycles.